The molecule has 1 amide bonds. The molecule has 134 valence electrons. The van der Waals surface area contributed by atoms with E-state index in [1.54, 1.807) is 12.1 Å². The highest BCUT2D eigenvalue weighted by atomic mass is 35.5. The standard InChI is InChI=1S/C16H21Cl2NO5/c1-16(2,3)24-7-6-12(15(21)22)19-14(20)9-23-13-8-10(17)4-5-11(13)18/h4-5,8,12H,6-7,9H2,1-3H3,(H,19,20)(H,21,22). The molecular formula is C16H21Cl2NO5. The lowest BCUT2D eigenvalue weighted by Crippen LogP contribution is -2.44. The van der Waals surface area contributed by atoms with Crippen molar-refractivity contribution < 1.29 is 24.2 Å². The van der Waals surface area contributed by atoms with E-state index in [1.165, 1.54) is 6.07 Å². The van der Waals surface area contributed by atoms with Gasteiger partial charge in [-0.25, -0.2) is 4.79 Å². The Kier molecular flexibility index (Phi) is 7.79. The van der Waals surface area contributed by atoms with Crippen LogP contribution < -0.4 is 10.1 Å². The highest BCUT2D eigenvalue weighted by Crippen LogP contribution is 2.27. The molecule has 0 aliphatic rings. The van der Waals surface area contributed by atoms with Crippen molar-refractivity contribution in [2.24, 2.45) is 0 Å². The second-order valence-corrected chi connectivity index (χ2v) is 6.91. The van der Waals surface area contributed by atoms with Gasteiger partial charge in [0.05, 0.1) is 10.6 Å². The number of carboxylic acids is 1. The number of benzene rings is 1. The lowest BCUT2D eigenvalue weighted by Gasteiger charge is -2.21. The van der Waals surface area contributed by atoms with Crippen LogP contribution in [0.1, 0.15) is 27.2 Å². The molecule has 0 aromatic heterocycles. The predicted octanol–water partition coefficient (Wildman–Crippen LogP) is 3.15. The maximum Gasteiger partial charge on any atom is 0.326 e. The Balaban J connectivity index is 2.50. The molecule has 1 unspecified atom stereocenters. The van der Waals surface area contributed by atoms with Crippen molar-refractivity contribution in [3.8, 4) is 5.75 Å². The topological polar surface area (TPSA) is 84.9 Å². The van der Waals surface area contributed by atoms with Crippen molar-refractivity contribution in [1.29, 1.82) is 0 Å². The molecule has 0 fully saturated rings. The quantitative estimate of drug-likeness (QED) is 0.726. The van der Waals surface area contributed by atoms with Gasteiger partial charge in [-0.15, -0.1) is 0 Å². The molecule has 1 aromatic carbocycles. The highest BCUT2D eigenvalue weighted by Gasteiger charge is 2.21. The van der Waals surface area contributed by atoms with E-state index in [9.17, 15) is 9.59 Å². The van der Waals surface area contributed by atoms with Crippen molar-refractivity contribution in [3.63, 3.8) is 0 Å². The molecule has 0 heterocycles. The first-order valence-electron chi connectivity index (χ1n) is 7.32. The number of halogens is 2. The van der Waals surface area contributed by atoms with Crippen LogP contribution in [0, 0.1) is 0 Å². The van der Waals surface area contributed by atoms with Crippen LogP contribution in [0.25, 0.3) is 0 Å². The minimum atomic E-state index is -1.14. The fraction of sp³-hybridized carbons (Fsp3) is 0.500. The monoisotopic (exact) mass is 377 g/mol. The molecule has 0 spiro atoms. The maximum atomic E-state index is 11.9. The molecule has 1 atom stereocenters. The van der Waals surface area contributed by atoms with Gasteiger partial charge < -0.3 is 19.9 Å². The number of carboxylic acid groups (broad SMARTS) is 1. The summed E-state index contributed by atoms with van der Waals surface area (Å²) in [5, 5.41) is 12.3. The van der Waals surface area contributed by atoms with Gasteiger partial charge in [0, 0.05) is 24.1 Å². The van der Waals surface area contributed by atoms with Crippen molar-refractivity contribution in [3.05, 3.63) is 28.2 Å². The number of hydrogen-bond acceptors (Lipinski definition) is 4. The predicted molar refractivity (Wildman–Crippen MR) is 91.8 cm³/mol. The van der Waals surface area contributed by atoms with Gasteiger partial charge in [0.2, 0.25) is 0 Å². The van der Waals surface area contributed by atoms with Gasteiger partial charge in [-0.2, -0.15) is 0 Å². The molecule has 1 rings (SSSR count). The van der Waals surface area contributed by atoms with Crippen LogP contribution in [0.15, 0.2) is 18.2 Å². The first-order chi connectivity index (χ1) is 11.1. The average molecular weight is 378 g/mol. The van der Waals surface area contributed by atoms with Crippen molar-refractivity contribution in [1.82, 2.24) is 5.32 Å². The Morgan fingerprint density at radius 3 is 2.54 bits per heavy atom. The zero-order valence-electron chi connectivity index (χ0n) is 13.8. The van der Waals surface area contributed by atoms with E-state index in [4.69, 9.17) is 37.8 Å². The molecule has 1 aromatic rings. The second-order valence-electron chi connectivity index (χ2n) is 6.07. The average Bonchev–Trinajstić information content (AvgIpc) is 2.45. The SMILES string of the molecule is CC(C)(C)OCCC(NC(=O)COc1cc(Cl)ccc1Cl)C(=O)O. The molecule has 0 bridgehead atoms. The number of nitrogens with one attached hydrogen (secondary N) is 1. The number of hydrogen-bond donors (Lipinski definition) is 2. The van der Waals surface area contributed by atoms with Crippen LogP contribution in [0.5, 0.6) is 5.75 Å². The fourth-order valence-electron chi connectivity index (χ4n) is 1.71. The zero-order chi connectivity index (χ0) is 18.3. The van der Waals surface area contributed by atoms with E-state index in [1.807, 2.05) is 20.8 Å². The normalized spacial score (nSPS) is 12.5. The molecule has 0 radical (unpaired) electrons. The van der Waals surface area contributed by atoms with Crippen LogP contribution in [-0.2, 0) is 14.3 Å². The van der Waals surface area contributed by atoms with E-state index in [0.717, 1.165) is 0 Å². The third-order valence-electron chi connectivity index (χ3n) is 2.83. The summed E-state index contributed by atoms with van der Waals surface area (Å²) in [4.78, 5) is 23.1. The maximum absolute atomic E-state index is 11.9. The summed E-state index contributed by atoms with van der Waals surface area (Å²) in [5.41, 5.74) is -0.375. The minimum absolute atomic E-state index is 0.149. The molecule has 0 aliphatic carbocycles. The Hall–Kier alpha value is -1.50. The summed E-state index contributed by atoms with van der Waals surface area (Å²) >= 11 is 11.7. The smallest absolute Gasteiger partial charge is 0.326 e. The number of carbonyl (C=O) groups excluding carboxylic acids is 1. The first kappa shape index (κ1) is 20.5. The van der Waals surface area contributed by atoms with E-state index in [-0.39, 0.29) is 31.0 Å². The Morgan fingerprint density at radius 1 is 1.29 bits per heavy atom. The minimum Gasteiger partial charge on any atom is -0.482 e. The van der Waals surface area contributed by atoms with Crippen molar-refractivity contribution >= 4 is 35.1 Å². The van der Waals surface area contributed by atoms with E-state index in [0.29, 0.717) is 10.0 Å². The second kappa shape index (κ2) is 9.11. The summed E-state index contributed by atoms with van der Waals surface area (Å²) in [7, 11) is 0. The van der Waals surface area contributed by atoms with Crippen LogP contribution in [0.2, 0.25) is 10.0 Å². The molecular weight excluding hydrogens is 357 g/mol. The Labute approximate surface area is 151 Å². The van der Waals surface area contributed by atoms with Crippen molar-refractivity contribution in [2.75, 3.05) is 13.2 Å². The van der Waals surface area contributed by atoms with Gasteiger partial charge in [-0.05, 0) is 32.9 Å². The molecule has 2 N–H and O–H groups in total. The van der Waals surface area contributed by atoms with Crippen LogP contribution in [-0.4, -0.2) is 41.8 Å². The number of rotatable bonds is 8. The summed E-state index contributed by atoms with van der Waals surface area (Å²) in [6.07, 6.45) is 0.149. The van der Waals surface area contributed by atoms with E-state index < -0.39 is 17.9 Å². The van der Waals surface area contributed by atoms with Crippen LogP contribution in [0.3, 0.4) is 0 Å². The third-order valence-corrected chi connectivity index (χ3v) is 3.37. The lowest BCUT2D eigenvalue weighted by atomic mass is 10.2. The van der Waals surface area contributed by atoms with Gasteiger partial charge in [0.25, 0.3) is 5.91 Å². The molecule has 6 nitrogen and oxygen atoms in total. The highest BCUT2D eigenvalue weighted by molar-refractivity contribution is 6.34. The molecule has 24 heavy (non-hydrogen) atoms. The molecule has 0 saturated heterocycles. The first-order valence-corrected chi connectivity index (χ1v) is 8.08. The van der Waals surface area contributed by atoms with Gasteiger partial charge in [0.15, 0.2) is 6.61 Å². The van der Waals surface area contributed by atoms with Gasteiger partial charge in [-0.1, -0.05) is 23.2 Å². The Morgan fingerprint density at radius 2 is 1.96 bits per heavy atom. The van der Waals surface area contributed by atoms with Gasteiger partial charge >= 0.3 is 5.97 Å². The Bertz CT molecular complexity index is 586. The molecule has 0 saturated carbocycles. The van der Waals surface area contributed by atoms with Gasteiger partial charge in [-0.3, -0.25) is 4.79 Å². The van der Waals surface area contributed by atoms with Crippen LogP contribution >= 0.6 is 23.2 Å². The lowest BCUT2D eigenvalue weighted by molar-refractivity contribution is -0.143. The molecule has 8 heteroatoms. The summed E-state index contributed by atoms with van der Waals surface area (Å²) in [6.45, 7) is 5.43. The van der Waals surface area contributed by atoms with Crippen molar-refractivity contribution in [2.45, 2.75) is 38.8 Å². The van der Waals surface area contributed by atoms with E-state index >= 15 is 0 Å². The summed E-state index contributed by atoms with van der Waals surface area (Å²) in [6, 6.07) is 3.55. The molecule has 0 aliphatic heterocycles. The van der Waals surface area contributed by atoms with E-state index in [2.05, 4.69) is 5.32 Å². The van der Waals surface area contributed by atoms with Crippen LogP contribution in [0.4, 0.5) is 0 Å². The summed E-state index contributed by atoms with van der Waals surface area (Å²) in [5.74, 6) is -1.46. The summed E-state index contributed by atoms with van der Waals surface area (Å²) < 4.78 is 10.7. The fourth-order valence-corrected chi connectivity index (χ4v) is 2.04. The third kappa shape index (κ3) is 7.86. The zero-order valence-corrected chi connectivity index (χ0v) is 15.3. The largest absolute Gasteiger partial charge is 0.482 e. The number of aliphatic carboxylic acids is 1. The number of ether oxygens (including phenoxy) is 2. The number of carbonyl (C=O) groups is 2. The van der Waals surface area contributed by atoms with Gasteiger partial charge in [0.1, 0.15) is 11.8 Å². The number of amides is 1.